The molecule has 0 atom stereocenters. The van der Waals surface area contributed by atoms with Crippen molar-refractivity contribution >= 4 is 32.6 Å². The van der Waals surface area contributed by atoms with Gasteiger partial charge in [-0.1, -0.05) is 23.5 Å². The molecule has 3 aromatic rings. The van der Waals surface area contributed by atoms with Gasteiger partial charge in [0.25, 0.3) is 5.91 Å². The first-order valence-electron chi connectivity index (χ1n) is 11.3. The fraction of sp³-hybridized carbons (Fsp3) is 0.440. The van der Waals surface area contributed by atoms with Crippen molar-refractivity contribution in [3.63, 3.8) is 0 Å². The van der Waals surface area contributed by atoms with Gasteiger partial charge in [0, 0.05) is 31.7 Å². The Hall–Kier alpha value is -2.88. The van der Waals surface area contributed by atoms with Gasteiger partial charge in [-0.2, -0.15) is 0 Å². The lowest BCUT2D eigenvalue weighted by Crippen LogP contribution is -2.39. The lowest BCUT2D eigenvalue weighted by molar-refractivity contribution is 0.0376. The van der Waals surface area contributed by atoms with E-state index in [4.69, 9.17) is 23.9 Å². The maximum absolute atomic E-state index is 13.8. The molecule has 1 aliphatic rings. The van der Waals surface area contributed by atoms with Crippen molar-refractivity contribution in [2.24, 2.45) is 0 Å². The number of fused-ring (bicyclic) bond motifs is 1. The third kappa shape index (κ3) is 5.11. The fourth-order valence-electron chi connectivity index (χ4n) is 4.11. The first kappa shape index (κ1) is 24.3. The molecular weight excluding hydrogens is 454 g/mol. The highest BCUT2D eigenvalue weighted by atomic mass is 32.1. The largest absolute Gasteiger partial charge is 0.493 e. The number of aromatic nitrogens is 1. The van der Waals surface area contributed by atoms with Crippen molar-refractivity contribution in [3.05, 3.63) is 41.5 Å². The quantitative estimate of drug-likeness (QED) is 0.454. The molecule has 2 heterocycles. The van der Waals surface area contributed by atoms with Gasteiger partial charge in [-0.05, 0) is 37.1 Å². The topological polar surface area (TPSA) is 73.4 Å². The van der Waals surface area contributed by atoms with Crippen LogP contribution in [0.5, 0.6) is 17.2 Å². The molecule has 0 spiro atoms. The molecule has 0 saturated carbocycles. The van der Waals surface area contributed by atoms with E-state index in [-0.39, 0.29) is 5.91 Å². The molecular formula is C25H31N3O5S. The van der Waals surface area contributed by atoms with Crippen LogP contribution in [0.3, 0.4) is 0 Å². The molecule has 4 rings (SSSR count). The second-order valence-electron chi connectivity index (χ2n) is 8.10. The number of benzene rings is 2. The van der Waals surface area contributed by atoms with Crippen molar-refractivity contribution in [1.29, 1.82) is 0 Å². The maximum atomic E-state index is 13.8. The minimum absolute atomic E-state index is 0.155. The fourth-order valence-corrected chi connectivity index (χ4v) is 5.18. The van der Waals surface area contributed by atoms with Gasteiger partial charge < -0.3 is 18.9 Å². The zero-order valence-corrected chi connectivity index (χ0v) is 20.9. The Morgan fingerprint density at radius 1 is 1.12 bits per heavy atom. The molecule has 0 unspecified atom stereocenters. The van der Waals surface area contributed by atoms with E-state index < -0.39 is 0 Å². The Morgan fingerprint density at radius 2 is 1.82 bits per heavy atom. The van der Waals surface area contributed by atoms with Gasteiger partial charge in [0.2, 0.25) is 5.75 Å². The van der Waals surface area contributed by atoms with Crippen molar-refractivity contribution in [2.75, 3.05) is 65.6 Å². The number of anilines is 1. The van der Waals surface area contributed by atoms with Gasteiger partial charge in [-0.25, -0.2) is 4.98 Å². The van der Waals surface area contributed by atoms with Crippen LogP contribution in [0.4, 0.5) is 5.13 Å². The summed E-state index contributed by atoms with van der Waals surface area (Å²) in [5.41, 5.74) is 2.48. The van der Waals surface area contributed by atoms with Crippen LogP contribution in [0.15, 0.2) is 30.3 Å². The molecule has 1 aliphatic heterocycles. The number of ether oxygens (including phenoxy) is 4. The number of carbonyl (C=O) groups excluding carboxylic acids is 1. The Balaban J connectivity index is 1.66. The molecule has 2 aromatic carbocycles. The van der Waals surface area contributed by atoms with E-state index in [1.165, 1.54) is 11.3 Å². The van der Waals surface area contributed by atoms with Crippen LogP contribution >= 0.6 is 11.3 Å². The highest BCUT2D eigenvalue weighted by Crippen LogP contribution is 2.39. The Labute approximate surface area is 204 Å². The number of hydrogen-bond acceptors (Lipinski definition) is 8. The van der Waals surface area contributed by atoms with E-state index in [2.05, 4.69) is 4.90 Å². The number of hydrogen-bond donors (Lipinski definition) is 0. The highest BCUT2D eigenvalue weighted by Gasteiger charge is 2.25. The first-order valence-corrected chi connectivity index (χ1v) is 12.2. The minimum Gasteiger partial charge on any atom is -0.493 e. The van der Waals surface area contributed by atoms with Gasteiger partial charge in [-0.15, -0.1) is 0 Å². The molecule has 0 radical (unpaired) electrons. The first-order chi connectivity index (χ1) is 16.5. The summed E-state index contributed by atoms with van der Waals surface area (Å²) >= 11 is 1.53. The Morgan fingerprint density at radius 3 is 2.44 bits per heavy atom. The molecule has 34 heavy (non-hydrogen) atoms. The molecule has 182 valence electrons. The summed E-state index contributed by atoms with van der Waals surface area (Å²) in [6.07, 6.45) is 0.824. The van der Waals surface area contributed by atoms with Crippen molar-refractivity contribution in [1.82, 2.24) is 9.88 Å². The third-order valence-corrected chi connectivity index (χ3v) is 7.00. The predicted molar refractivity (Wildman–Crippen MR) is 134 cm³/mol. The van der Waals surface area contributed by atoms with Gasteiger partial charge in [0.15, 0.2) is 16.6 Å². The van der Waals surface area contributed by atoms with E-state index in [0.717, 1.165) is 55.0 Å². The summed E-state index contributed by atoms with van der Waals surface area (Å²) in [6.45, 7) is 6.83. The standard InChI is InChI=1S/C25H31N3O5S/c1-17-7-5-8-21-22(17)26-25(34-21)28(10-6-9-27-11-13-33-14-12-27)24(29)18-15-19(30-2)23(32-4)20(16-18)31-3/h5,7-8,15-16H,6,9-14H2,1-4H3. The second-order valence-corrected chi connectivity index (χ2v) is 9.11. The number of morpholine rings is 1. The lowest BCUT2D eigenvalue weighted by Gasteiger charge is -2.28. The summed E-state index contributed by atoms with van der Waals surface area (Å²) < 4.78 is 22.9. The van der Waals surface area contributed by atoms with Crippen LogP contribution in [0, 0.1) is 6.92 Å². The molecule has 1 fully saturated rings. The summed E-state index contributed by atoms with van der Waals surface area (Å²) in [6, 6.07) is 9.48. The Bertz CT molecular complexity index is 1120. The van der Waals surface area contributed by atoms with Crippen LogP contribution in [-0.4, -0.2) is 76.5 Å². The number of amides is 1. The molecule has 1 saturated heterocycles. The van der Waals surface area contributed by atoms with E-state index >= 15 is 0 Å². The van der Waals surface area contributed by atoms with Crippen LogP contribution in [0.1, 0.15) is 22.3 Å². The number of methoxy groups -OCH3 is 3. The molecule has 0 aliphatic carbocycles. The van der Waals surface area contributed by atoms with Crippen LogP contribution in [-0.2, 0) is 4.74 Å². The maximum Gasteiger partial charge on any atom is 0.260 e. The molecule has 9 heteroatoms. The predicted octanol–water partition coefficient (Wildman–Crippen LogP) is 4.00. The number of carbonyl (C=O) groups is 1. The van der Waals surface area contributed by atoms with E-state index in [9.17, 15) is 4.79 Å². The normalized spacial score (nSPS) is 14.2. The average Bonchev–Trinajstić information content (AvgIpc) is 3.31. The lowest BCUT2D eigenvalue weighted by atomic mass is 10.1. The molecule has 0 bridgehead atoms. The third-order valence-electron chi connectivity index (χ3n) is 5.96. The smallest absolute Gasteiger partial charge is 0.260 e. The summed E-state index contributed by atoms with van der Waals surface area (Å²) in [5.74, 6) is 1.19. The Kier molecular flexibility index (Phi) is 7.87. The number of nitrogens with zero attached hydrogens (tertiary/aromatic N) is 3. The van der Waals surface area contributed by atoms with Crippen molar-refractivity contribution in [2.45, 2.75) is 13.3 Å². The molecule has 0 N–H and O–H groups in total. The number of thiazole rings is 1. The zero-order valence-electron chi connectivity index (χ0n) is 20.1. The average molecular weight is 486 g/mol. The monoisotopic (exact) mass is 485 g/mol. The number of rotatable bonds is 9. The SMILES string of the molecule is COc1cc(C(=O)N(CCCN2CCOCC2)c2nc3c(C)cccc3s2)cc(OC)c1OC. The van der Waals surface area contributed by atoms with Gasteiger partial charge in [-0.3, -0.25) is 14.6 Å². The van der Waals surface area contributed by atoms with Gasteiger partial charge in [0.1, 0.15) is 0 Å². The van der Waals surface area contributed by atoms with E-state index in [1.807, 2.05) is 25.1 Å². The number of para-hydroxylation sites is 1. The van der Waals surface area contributed by atoms with Crippen molar-refractivity contribution < 1.29 is 23.7 Å². The van der Waals surface area contributed by atoms with Gasteiger partial charge >= 0.3 is 0 Å². The van der Waals surface area contributed by atoms with Crippen LogP contribution in [0.25, 0.3) is 10.2 Å². The second kappa shape index (κ2) is 11.0. The molecule has 1 amide bonds. The summed E-state index contributed by atoms with van der Waals surface area (Å²) in [5, 5.41) is 0.685. The van der Waals surface area contributed by atoms with Crippen molar-refractivity contribution in [3.8, 4) is 17.2 Å². The zero-order chi connectivity index (χ0) is 24.1. The highest BCUT2D eigenvalue weighted by molar-refractivity contribution is 7.22. The van der Waals surface area contributed by atoms with Crippen LogP contribution < -0.4 is 19.1 Å². The molecule has 8 nitrogen and oxygen atoms in total. The minimum atomic E-state index is -0.155. The number of aryl methyl sites for hydroxylation is 1. The van der Waals surface area contributed by atoms with Gasteiger partial charge in [0.05, 0.1) is 44.8 Å². The summed E-state index contributed by atoms with van der Waals surface area (Å²) in [7, 11) is 4.63. The van der Waals surface area contributed by atoms with Crippen LogP contribution in [0.2, 0.25) is 0 Å². The van der Waals surface area contributed by atoms with E-state index in [0.29, 0.717) is 34.5 Å². The van der Waals surface area contributed by atoms with E-state index in [1.54, 1.807) is 38.4 Å². The summed E-state index contributed by atoms with van der Waals surface area (Å²) in [4.78, 5) is 22.8. The molecule has 1 aromatic heterocycles.